The van der Waals surface area contributed by atoms with Crippen LogP contribution in [0.3, 0.4) is 0 Å². The summed E-state index contributed by atoms with van der Waals surface area (Å²) in [5.41, 5.74) is 0.715. The molecule has 0 saturated heterocycles. The highest BCUT2D eigenvalue weighted by Crippen LogP contribution is 2.20. The Hall–Kier alpha value is -2.34. The van der Waals surface area contributed by atoms with E-state index in [0.29, 0.717) is 11.1 Å². The number of carbonyl (C=O) groups excluding carboxylic acids is 1. The number of halogens is 3. The Balaban J connectivity index is 2.18. The molecule has 0 unspecified atom stereocenters. The van der Waals surface area contributed by atoms with Gasteiger partial charge < -0.3 is 5.32 Å². The standard InChI is InChI=1S/C18H19F3N2O/c1-11-4-9-15(20)14(16(11)21)10-22-18(24)17(23(2)3)12-5-7-13(19)8-6-12/h4-9,17H,10H2,1-3H3,(H,22,24)/t17-/m0/s1. The van der Waals surface area contributed by atoms with Crippen LogP contribution >= 0.6 is 0 Å². The Morgan fingerprint density at radius 3 is 2.29 bits per heavy atom. The van der Waals surface area contributed by atoms with Gasteiger partial charge in [0.25, 0.3) is 0 Å². The molecule has 0 heterocycles. The topological polar surface area (TPSA) is 32.3 Å². The van der Waals surface area contributed by atoms with E-state index < -0.39 is 29.4 Å². The van der Waals surface area contributed by atoms with Crippen molar-refractivity contribution >= 4 is 5.91 Å². The molecule has 2 rings (SSSR count). The summed E-state index contributed by atoms with van der Waals surface area (Å²) >= 11 is 0. The first-order valence-electron chi connectivity index (χ1n) is 7.44. The van der Waals surface area contributed by atoms with E-state index in [9.17, 15) is 18.0 Å². The molecule has 1 amide bonds. The summed E-state index contributed by atoms with van der Waals surface area (Å²) in [6.07, 6.45) is 0. The lowest BCUT2D eigenvalue weighted by atomic mass is 10.0. The van der Waals surface area contributed by atoms with Crippen LogP contribution in [0.1, 0.15) is 22.7 Å². The number of nitrogens with zero attached hydrogens (tertiary/aromatic N) is 1. The third kappa shape index (κ3) is 3.94. The van der Waals surface area contributed by atoms with Crippen LogP contribution in [0.4, 0.5) is 13.2 Å². The summed E-state index contributed by atoms with van der Waals surface area (Å²) in [6, 6.07) is 7.36. The molecule has 24 heavy (non-hydrogen) atoms. The molecule has 1 atom stereocenters. The third-order valence-electron chi connectivity index (χ3n) is 3.77. The minimum Gasteiger partial charge on any atom is -0.350 e. The number of nitrogens with one attached hydrogen (secondary N) is 1. The van der Waals surface area contributed by atoms with Gasteiger partial charge in [0.05, 0.1) is 0 Å². The molecule has 0 spiro atoms. The van der Waals surface area contributed by atoms with E-state index in [-0.39, 0.29) is 12.1 Å². The van der Waals surface area contributed by atoms with Crippen molar-refractivity contribution in [3.63, 3.8) is 0 Å². The van der Waals surface area contributed by atoms with Gasteiger partial charge in [-0.25, -0.2) is 13.2 Å². The van der Waals surface area contributed by atoms with E-state index in [2.05, 4.69) is 5.32 Å². The van der Waals surface area contributed by atoms with Crippen molar-refractivity contribution in [2.75, 3.05) is 14.1 Å². The van der Waals surface area contributed by atoms with Crippen LogP contribution in [0.5, 0.6) is 0 Å². The van der Waals surface area contributed by atoms with Gasteiger partial charge in [0.15, 0.2) is 0 Å². The smallest absolute Gasteiger partial charge is 0.242 e. The molecule has 128 valence electrons. The Bertz CT molecular complexity index is 730. The van der Waals surface area contributed by atoms with Gasteiger partial charge in [-0.15, -0.1) is 0 Å². The number of hydrogen-bond donors (Lipinski definition) is 1. The lowest BCUT2D eigenvalue weighted by molar-refractivity contribution is -0.126. The molecule has 3 nitrogen and oxygen atoms in total. The summed E-state index contributed by atoms with van der Waals surface area (Å²) in [4.78, 5) is 14.1. The number of carbonyl (C=O) groups is 1. The number of rotatable bonds is 5. The first-order chi connectivity index (χ1) is 11.3. The second-order valence-electron chi connectivity index (χ2n) is 5.79. The maximum atomic E-state index is 14.0. The van der Waals surface area contributed by atoms with Gasteiger partial charge in [-0.2, -0.15) is 0 Å². The van der Waals surface area contributed by atoms with Crippen molar-refractivity contribution in [2.45, 2.75) is 19.5 Å². The first-order valence-corrected chi connectivity index (χ1v) is 7.44. The number of hydrogen-bond acceptors (Lipinski definition) is 2. The predicted molar refractivity (Wildman–Crippen MR) is 85.8 cm³/mol. The van der Waals surface area contributed by atoms with E-state index in [4.69, 9.17) is 0 Å². The number of aryl methyl sites for hydroxylation is 1. The van der Waals surface area contributed by atoms with Gasteiger partial charge in [0.2, 0.25) is 5.91 Å². The largest absolute Gasteiger partial charge is 0.350 e. The fraction of sp³-hybridized carbons (Fsp3) is 0.278. The van der Waals surface area contributed by atoms with Crippen molar-refractivity contribution < 1.29 is 18.0 Å². The van der Waals surface area contributed by atoms with Gasteiger partial charge in [-0.3, -0.25) is 9.69 Å². The molecule has 0 aliphatic rings. The minimum atomic E-state index is -0.707. The molecule has 2 aromatic rings. The molecule has 0 bridgehead atoms. The SMILES string of the molecule is Cc1ccc(F)c(CNC(=O)[C@H](c2ccc(F)cc2)N(C)C)c1F. The zero-order valence-electron chi connectivity index (χ0n) is 13.7. The summed E-state index contributed by atoms with van der Waals surface area (Å²) in [7, 11) is 3.39. The van der Waals surface area contributed by atoms with Crippen LogP contribution in [-0.4, -0.2) is 24.9 Å². The maximum absolute atomic E-state index is 14.0. The predicted octanol–water partition coefficient (Wildman–Crippen LogP) is 3.33. The van der Waals surface area contributed by atoms with Gasteiger partial charge in [0, 0.05) is 12.1 Å². The van der Waals surface area contributed by atoms with Crippen molar-refractivity contribution in [1.29, 1.82) is 0 Å². The fourth-order valence-corrected chi connectivity index (χ4v) is 2.48. The van der Waals surface area contributed by atoms with Crippen LogP contribution in [0.25, 0.3) is 0 Å². The summed E-state index contributed by atoms with van der Waals surface area (Å²) in [6.45, 7) is 1.27. The lowest BCUT2D eigenvalue weighted by Crippen LogP contribution is -2.37. The average molecular weight is 336 g/mol. The lowest BCUT2D eigenvalue weighted by Gasteiger charge is -2.24. The molecular formula is C18H19F3N2O. The Kier molecular flexibility index (Phi) is 5.62. The third-order valence-corrected chi connectivity index (χ3v) is 3.77. The van der Waals surface area contributed by atoms with Crippen LogP contribution in [0, 0.1) is 24.4 Å². The van der Waals surface area contributed by atoms with Gasteiger partial charge in [0.1, 0.15) is 23.5 Å². The second-order valence-corrected chi connectivity index (χ2v) is 5.79. The van der Waals surface area contributed by atoms with E-state index in [1.807, 2.05) is 0 Å². The molecule has 0 fully saturated rings. The number of amides is 1. The number of benzene rings is 2. The summed E-state index contributed by atoms with van der Waals surface area (Å²) in [5.74, 6) is -2.20. The van der Waals surface area contributed by atoms with Crippen molar-refractivity contribution in [3.05, 3.63) is 70.5 Å². The normalized spacial score (nSPS) is 12.3. The van der Waals surface area contributed by atoms with Crippen molar-refractivity contribution in [2.24, 2.45) is 0 Å². The van der Waals surface area contributed by atoms with E-state index in [0.717, 1.165) is 0 Å². The second kappa shape index (κ2) is 7.49. The zero-order valence-corrected chi connectivity index (χ0v) is 13.7. The molecule has 1 N–H and O–H groups in total. The van der Waals surface area contributed by atoms with Crippen LogP contribution in [-0.2, 0) is 11.3 Å². The molecule has 0 saturated carbocycles. The Morgan fingerprint density at radius 2 is 1.71 bits per heavy atom. The highest BCUT2D eigenvalue weighted by molar-refractivity contribution is 5.83. The summed E-state index contributed by atoms with van der Waals surface area (Å²) < 4.78 is 40.8. The molecule has 6 heteroatoms. The highest BCUT2D eigenvalue weighted by atomic mass is 19.1. The van der Waals surface area contributed by atoms with E-state index >= 15 is 0 Å². The summed E-state index contributed by atoms with van der Waals surface area (Å²) in [5, 5.41) is 2.55. The Morgan fingerprint density at radius 1 is 1.08 bits per heavy atom. The van der Waals surface area contributed by atoms with E-state index in [1.54, 1.807) is 19.0 Å². The fourth-order valence-electron chi connectivity index (χ4n) is 2.48. The molecule has 0 aliphatic heterocycles. The molecule has 0 radical (unpaired) electrons. The zero-order chi connectivity index (χ0) is 17.9. The Labute approximate surface area is 139 Å². The quantitative estimate of drug-likeness (QED) is 0.908. The monoisotopic (exact) mass is 336 g/mol. The van der Waals surface area contributed by atoms with Crippen molar-refractivity contribution in [3.8, 4) is 0 Å². The molecule has 0 aliphatic carbocycles. The van der Waals surface area contributed by atoms with Crippen LogP contribution in [0.2, 0.25) is 0 Å². The van der Waals surface area contributed by atoms with Crippen LogP contribution < -0.4 is 5.32 Å². The van der Waals surface area contributed by atoms with Crippen LogP contribution in [0.15, 0.2) is 36.4 Å². The first kappa shape index (κ1) is 18.0. The molecule has 2 aromatic carbocycles. The highest BCUT2D eigenvalue weighted by Gasteiger charge is 2.23. The van der Waals surface area contributed by atoms with E-state index in [1.165, 1.54) is 43.3 Å². The van der Waals surface area contributed by atoms with Gasteiger partial charge in [-0.1, -0.05) is 18.2 Å². The van der Waals surface area contributed by atoms with Crippen molar-refractivity contribution in [1.82, 2.24) is 10.2 Å². The van der Waals surface area contributed by atoms with Gasteiger partial charge in [-0.05, 0) is 50.3 Å². The molecular weight excluding hydrogens is 317 g/mol. The maximum Gasteiger partial charge on any atom is 0.242 e. The molecule has 0 aromatic heterocycles. The minimum absolute atomic E-state index is 0.181. The average Bonchev–Trinajstić information content (AvgIpc) is 2.53. The van der Waals surface area contributed by atoms with Gasteiger partial charge >= 0.3 is 0 Å². The number of likely N-dealkylation sites (N-methyl/N-ethyl adjacent to an activating group) is 1.